The third-order valence-corrected chi connectivity index (χ3v) is 8.78. The van der Waals surface area contributed by atoms with Gasteiger partial charge in [-0.25, -0.2) is 4.99 Å². The number of amidine groups is 1. The zero-order valence-electron chi connectivity index (χ0n) is 20.8. The molecule has 0 heterocycles. The minimum atomic E-state index is 0.233. The fraction of sp³-hybridized carbons (Fsp3) is 0.621. The van der Waals surface area contributed by atoms with Gasteiger partial charge in [-0.15, -0.1) is 0 Å². The Morgan fingerprint density at radius 1 is 1.15 bits per heavy atom. The number of benzene rings is 1. The van der Waals surface area contributed by atoms with E-state index in [2.05, 4.69) is 53.2 Å². The summed E-state index contributed by atoms with van der Waals surface area (Å²) in [6.45, 7) is 8.68. The lowest BCUT2D eigenvalue weighted by atomic mass is 9.79. The van der Waals surface area contributed by atoms with Crippen LogP contribution in [-0.2, 0) is 0 Å². The van der Waals surface area contributed by atoms with Gasteiger partial charge in [0.2, 0.25) is 0 Å². The van der Waals surface area contributed by atoms with Gasteiger partial charge in [0.25, 0.3) is 0 Å². The maximum absolute atomic E-state index is 7.76. The SMILES string of the molecule is C=N/C=C(\CCC1CCCCC1)c1cccc(NCC23CCC(/C(C)=N/C(C)=N)(CC2)C3)c1. The van der Waals surface area contributed by atoms with Gasteiger partial charge in [-0.1, -0.05) is 44.2 Å². The van der Waals surface area contributed by atoms with E-state index < -0.39 is 0 Å². The first-order valence-electron chi connectivity index (χ1n) is 13.0. The molecule has 0 atom stereocenters. The molecular weight excluding hydrogens is 404 g/mol. The van der Waals surface area contributed by atoms with E-state index in [1.54, 1.807) is 6.92 Å². The number of nitrogens with zero attached hydrogens (tertiary/aromatic N) is 2. The molecule has 0 aliphatic heterocycles. The van der Waals surface area contributed by atoms with Crippen molar-refractivity contribution in [3.05, 3.63) is 36.0 Å². The van der Waals surface area contributed by atoms with Crippen LogP contribution in [0.2, 0.25) is 0 Å². The topological polar surface area (TPSA) is 60.6 Å². The first kappa shape index (κ1) is 23.9. The van der Waals surface area contributed by atoms with E-state index in [1.807, 2.05) is 6.20 Å². The third kappa shape index (κ3) is 5.65. The minimum absolute atomic E-state index is 0.233. The number of hydrogen-bond acceptors (Lipinski definition) is 3. The van der Waals surface area contributed by atoms with Crippen LogP contribution >= 0.6 is 0 Å². The van der Waals surface area contributed by atoms with Crippen LogP contribution < -0.4 is 5.32 Å². The number of rotatable bonds is 9. The third-order valence-electron chi connectivity index (χ3n) is 8.78. The van der Waals surface area contributed by atoms with Crippen LogP contribution in [0.4, 0.5) is 5.69 Å². The Kier molecular flexibility index (Phi) is 7.51. The maximum atomic E-state index is 7.76. The highest BCUT2D eigenvalue weighted by Gasteiger charge is 2.55. The number of fused-ring (bicyclic) bond motifs is 2. The van der Waals surface area contributed by atoms with Gasteiger partial charge in [0, 0.05) is 29.6 Å². The van der Waals surface area contributed by atoms with E-state index in [9.17, 15) is 0 Å². The molecule has 0 radical (unpaired) electrons. The zero-order chi connectivity index (χ0) is 23.3. The first-order chi connectivity index (χ1) is 15.9. The van der Waals surface area contributed by atoms with Crippen LogP contribution in [0.15, 0.2) is 40.5 Å². The molecule has 1 aromatic rings. The molecule has 0 saturated heterocycles. The van der Waals surface area contributed by atoms with Crippen molar-refractivity contribution in [3.63, 3.8) is 0 Å². The largest absolute Gasteiger partial charge is 0.384 e. The van der Waals surface area contributed by atoms with Crippen LogP contribution in [0, 0.1) is 22.2 Å². The van der Waals surface area contributed by atoms with E-state index in [1.165, 1.54) is 93.2 Å². The molecule has 0 aromatic heterocycles. The molecule has 3 saturated carbocycles. The van der Waals surface area contributed by atoms with Crippen LogP contribution in [0.5, 0.6) is 0 Å². The predicted octanol–water partition coefficient (Wildman–Crippen LogP) is 7.91. The van der Waals surface area contributed by atoms with Crippen molar-refractivity contribution in [3.8, 4) is 0 Å². The normalized spacial score (nSPS) is 28.2. The highest BCUT2D eigenvalue weighted by molar-refractivity contribution is 5.98. The van der Waals surface area contributed by atoms with Crippen molar-refractivity contribution in [2.45, 2.75) is 90.9 Å². The van der Waals surface area contributed by atoms with Gasteiger partial charge in [0.15, 0.2) is 0 Å². The van der Waals surface area contributed by atoms with Gasteiger partial charge in [-0.2, -0.15) is 0 Å². The number of allylic oxidation sites excluding steroid dienone is 1. The Morgan fingerprint density at radius 3 is 2.61 bits per heavy atom. The monoisotopic (exact) mass is 446 g/mol. The average Bonchev–Trinajstić information content (AvgIpc) is 3.39. The molecule has 1 aromatic carbocycles. The fourth-order valence-electron chi connectivity index (χ4n) is 6.78. The molecule has 0 spiro atoms. The van der Waals surface area contributed by atoms with Crippen molar-refractivity contribution < 1.29 is 0 Å². The first-order valence-corrected chi connectivity index (χ1v) is 13.0. The molecule has 0 unspecified atom stereocenters. The van der Waals surface area contributed by atoms with Gasteiger partial charge in [-0.3, -0.25) is 10.4 Å². The Labute approximate surface area is 200 Å². The Balaban J connectivity index is 1.38. The van der Waals surface area contributed by atoms with Crippen LogP contribution in [0.1, 0.15) is 96.5 Å². The molecule has 3 aliphatic carbocycles. The highest BCUT2D eigenvalue weighted by Crippen LogP contribution is 2.62. The zero-order valence-corrected chi connectivity index (χ0v) is 20.8. The van der Waals surface area contributed by atoms with E-state index in [4.69, 9.17) is 5.41 Å². The number of aliphatic imine (C=N–C) groups is 2. The average molecular weight is 447 g/mol. The van der Waals surface area contributed by atoms with Crippen molar-refractivity contribution in [1.82, 2.24) is 0 Å². The summed E-state index contributed by atoms with van der Waals surface area (Å²) >= 11 is 0. The summed E-state index contributed by atoms with van der Waals surface area (Å²) in [7, 11) is 0. The molecule has 4 heteroatoms. The standard InChI is InChI=1S/C29H42N4/c1-22(33-23(2)30)29-16-14-28(20-29,15-17-29)21-32-27-11-7-10-25(18-27)26(19-31-3)13-12-24-8-5-4-6-9-24/h7,10-11,18-19,24,30,32H,3-6,8-9,12-17,20-21H2,1-2H3/b26-19+,30-23?,33-22+. The molecule has 4 nitrogen and oxygen atoms in total. The summed E-state index contributed by atoms with van der Waals surface area (Å²) in [5, 5.41) is 11.6. The Bertz CT molecular complexity index is 911. The van der Waals surface area contributed by atoms with E-state index in [-0.39, 0.29) is 5.41 Å². The molecule has 2 N–H and O–H groups in total. The highest BCUT2D eigenvalue weighted by atomic mass is 14.9. The maximum Gasteiger partial charge on any atom is 0.117 e. The number of anilines is 1. The van der Waals surface area contributed by atoms with Crippen molar-refractivity contribution in [2.75, 3.05) is 11.9 Å². The van der Waals surface area contributed by atoms with Gasteiger partial charge in [-0.05, 0) is 100 Å². The minimum Gasteiger partial charge on any atom is -0.384 e. The predicted molar refractivity (Wildman–Crippen MR) is 143 cm³/mol. The van der Waals surface area contributed by atoms with Gasteiger partial charge < -0.3 is 5.32 Å². The fourth-order valence-corrected chi connectivity index (χ4v) is 6.78. The van der Waals surface area contributed by atoms with Gasteiger partial charge >= 0.3 is 0 Å². The molecule has 2 bridgehead atoms. The quantitative estimate of drug-likeness (QED) is 0.294. The smallest absolute Gasteiger partial charge is 0.117 e. The second kappa shape index (κ2) is 10.4. The van der Waals surface area contributed by atoms with Crippen molar-refractivity contribution >= 4 is 29.5 Å². The second-order valence-electron chi connectivity index (χ2n) is 11.1. The summed E-state index contributed by atoms with van der Waals surface area (Å²) in [6.07, 6.45) is 17.5. The lowest BCUT2D eigenvalue weighted by Gasteiger charge is -2.28. The van der Waals surface area contributed by atoms with Crippen LogP contribution in [0.25, 0.3) is 5.57 Å². The van der Waals surface area contributed by atoms with Crippen LogP contribution in [0.3, 0.4) is 0 Å². The number of nitrogens with one attached hydrogen (secondary N) is 2. The molecule has 4 rings (SSSR count). The van der Waals surface area contributed by atoms with Gasteiger partial charge in [0.1, 0.15) is 5.84 Å². The molecule has 3 aliphatic rings. The molecular formula is C29H42N4. The van der Waals surface area contributed by atoms with Crippen molar-refractivity contribution in [2.24, 2.45) is 26.7 Å². The van der Waals surface area contributed by atoms with Crippen molar-refractivity contribution in [1.29, 1.82) is 5.41 Å². The lowest BCUT2D eigenvalue weighted by Crippen LogP contribution is -2.25. The summed E-state index contributed by atoms with van der Waals surface area (Å²) in [6, 6.07) is 8.89. The molecule has 33 heavy (non-hydrogen) atoms. The van der Waals surface area contributed by atoms with E-state index in [0.29, 0.717) is 11.3 Å². The van der Waals surface area contributed by atoms with E-state index in [0.717, 1.165) is 18.9 Å². The molecule has 178 valence electrons. The summed E-state index contributed by atoms with van der Waals surface area (Å²) in [5.74, 6) is 1.31. The number of hydrogen-bond donors (Lipinski definition) is 2. The van der Waals surface area contributed by atoms with E-state index >= 15 is 0 Å². The van der Waals surface area contributed by atoms with Gasteiger partial charge in [0.05, 0.1) is 0 Å². The Morgan fingerprint density at radius 2 is 1.91 bits per heavy atom. The second-order valence-corrected chi connectivity index (χ2v) is 11.1. The molecule has 3 fully saturated rings. The van der Waals surface area contributed by atoms with Crippen LogP contribution in [-0.4, -0.2) is 24.8 Å². The Hall–Kier alpha value is -2.23. The molecule has 0 amide bonds. The summed E-state index contributed by atoms with van der Waals surface area (Å²) < 4.78 is 0. The summed E-state index contributed by atoms with van der Waals surface area (Å²) in [4.78, 5) is 8.67. The summed E-state index contributed by atoms with van der Waals surface area (Å²) in [5.41, 5.74) is 5.58. The lowest BCUT2D eigenvalue weighted by molar-refractivity contribution is 0.313.